The molecule has 1 aliphatic heterocycles. The van der Waals surface area contributed by atoms with E-state index in [4.69, 9.17) is 14.2 Å². The molecule has 38 heavy (non-hydrogen) atoms. The van der Waals surface area contributed by atoms with Crippen LogP contribution in [-0.2, 0) is 14.3 Å². The highest BCUT2D eigenvalue weighted by Crippen LogP contribution is 2.42. The number of carbonyl (C=O) groups is 3. The minimum Gasteiger partial charge on any atom is -0.507 e. The summed E-state index contributed by atoms with van der Waals surface area (Å²) < 4.78 is 15.8. The van der Waals surface area contributed by atoms with Crippen molar-refractivity contribution in [3.05, 3.63) is 95.1 Å². The summed E-state index contributed by atoms with van der Waals surface area (Å²) in [5, 5.41) is 11.4. The van der Waals surface area contributed by atoms with Gasteiger partial charge in [-0.25, -0.2) is 4.79 Å². The molecule has 1 fully saturated rings. The zero-order valence-electron chi connectivity index (χ0n) is 21.6. The topological polar surface area (TPSA) is 102 Å². The standard InChI is InChI=1S/C30H29NO7/c1-18(2)17-38-24-7-5-6-21(16-24)27(32)25-26(19-10-14-23(36-3)15-11-19)31(29(34)28(25)33)22-12-8-20(9-13-22)30(35)37-4/h5-16,18,26,32H,17H2,1-4H3/b27-25+. The quantitative estimate of drug-likeness (QED) is 0.192. The predicted octanol–water partition coefficient (Wildman–Crippen LogP) is 5.14. The third-order valence-electron chi connectivity index (χ3n) is 6.13. The highest BCUT2D eigenvalue weighted by molar-refractivity contribution is 6.51. The Morgan fingerprint density at radius 2 is 1.61 bits per heavy atom. The number of nitrogens with zero attached hydrogens (tertiary/aromatic N) is 1. The van der Waals surface area contributed by atoms with E-state index >= 15 is 0 Å². The zero-order valence-corrected chi connectivity index (χ0v) is 21.6. The summed E-state index contributed by atoms with van der Waals surface area (Å²) in [5.74, 6) is -1.02. The number of carbonyl (C=O) groups excluding carboxylic acids is 3. The van der Waals surface area contributed by atoms with Gasteiger partial charge in [-0.1, -0.05) is 38.1 Å². The summed E-state index contributed by atoms with van der Waals surface area (Å²) >= 11 is 0. The first kappa shape index (κ1) is 26.5. The maximum absolute atomic E-state index is 13.4. The fraction of sp³-hybridized carbons (Fsp3) is 0.233. The summed E-state index contributed by atoms with van der Waals surface area (Å²) in [4.78, 5) is 40.0. The predicted molar refractivity (Wildman–Crippen MR) is 142 cm³/mol. The number of rotatable bonds is 8. The molecule has 196 valence electrons. The highest BCUT2D eigenvalue weighted by atomic mass is 16.5. The molecule has 0 bridgehead atoms. The average Bonchev–Trinajstić information content (AvgIpc) is 3.21. The van der Waals surface area contributed by atoms with Gasteiger partial charge < -0.3 is 19.3 Å². The van der Waals surface area contributed by atoms with Crippen molar-refractivity contribution in [2.45, 2.75) is 19.9 Å². The van der Waals surface area contributed by atoms with E-state index in [9.17, 15) is 19.5 Å². The van der Waals surface area contributed by atoms with Crippen LogP contribution in [0.2, 0.25) is 0 Å². The molecule has 0 radical (unpaired) electrons. The van der Waals surface area contributed by atoms with Gasteiger partial charge in [0.25, 0.3) is 11.7 Å². The fourth-order valence-electron chi connectivity index (χ4n) is 4.23. The van der Waals surface area contributed by atoms with Crippen LogP contribution in [0.4, 0.5) is 5.69 Å². The lowest BCUT2D eigenvalue weighted by Gasteiger charge is -2.25. The molecule has 1 atom stereocenters. The van der Waals surface area contributed by atoms with E-state index in [2.05, 4.69) is 0 Å². The first-order valence-electron chi connectivity index (χ1n) is 12.1. The Balaban J connectivity index is 1.84. The second kappa shape index (κ2) is 11.2. The van der Waals surface area contributed by atoms with Gasteiger partial charge in [-0.3, -0.25) is 14.5 Å². The molecule has 1 aliphatic rings. The Morgan fingerprint density at radius 1 is 0.921 bits per heavy atom. The molecule has 0 aromatic heterocycles. The molecule has 1 unspecified atom stereocenters. The van der Waals surface area contributed by atoms with Gasteiger partial charge in [0.05, 0.1) is 38.0 Å². The molecule has 0 spiro atoms. The van der Waals surface area contributed by atoms with Crippen LogP contribution in [0.25, 0.3) is 5.76 Å². The smallest absolute Gasteiger partial charge is 0.337 e. The van der Waals surface area contributed by atoms with Crippen LogP contribution in [0.1, 0.15) is 41.4 Å². The summed E-state index contributed by atoms with van der Waals surface area (Å²) in [7, 11) is 2.82. The van der Waals surface area contributed by atoms with E-state index in [-0.39, 0.29) is 11.3 Å². The van der Waals surface area contributed by atoms with Gasteiger partial charge in [-0.2, -0.15) is 0 Å². The van der Waals surface area contributed by atoms with Crippen molar-refractivity contribution in [2.75, 3.05) is 25.7 Å². The normalized spacial score (nSPS) is 16.6. The number of anilines is 1. The van der Waals surface area contributed by atoms with Gasteiger partial charge in [0.1, 0.15) is 17.3 Å². The Bertz CT molecular complexity index is 1370. The van der Waals surface area contributed by atoms with E-state index in [1.54, 1.807) is 60.7 Å². The number of Topliss-reactive ketones (excluding diaryl/α,β-unsaturated/α-hetero) is 1. The molecule has 4 rings (SSSR count). The van der Waals surface area contributed by atoms with Gasteiger partial charge in [0.2, 0.25) is 0 Å². The second-order valence-electron chi connectivity index (χ2n) is 9.21. The van der Waals surface area contributed by atoms with Crippen molar-refractivity contribution in [2.24, 2.45) is 5.92 Å². The number of esters is 1. The molecular weight excluding hydrogens is 486 g/mol. The lowest BCUT2D eigenvalue weighted by Crippen LogP contribution is -2.29. The van der Waals surface area contributed by atoms with E-state index in [0.29, 0.717) is 46.4 Å². The molecule has 8 nitrogen and oxygen atoms in total. The molecule has 0 aliphatic carbocycles. The number of hydrogen-bond donors (Lipinski definition) is 1. The number of benzene rings is 3. The van der Waals surface area contributed by atoms with Crippen LogP contribution in [0.15, 0.2) is 78.4 Å². The number of ketones is 1. The Labute approximate surface area is 221 Å². The molecule has 1 amide bonds. The number of methoxy groups -OCH3 is 2. The van der Waals surface area contributed by atoms with Crippen LogP contribution >= 0.6 is 0 Å². The van der Waals surface area contributed by atoms with E-state index < -0.39 is 23.7 Å². The minimum absolute atomic E-state index is 0.0572. The van der Waals surface area contributed by atoms with Crippen LogP contribution in [0, 0.1) is 5.92 Å². The maximum atomic E-state index is 13.4. The van der Waals surface area contributed by atoms with Gasteiger partial charge >= 0.3 is 5.97 Å². The maximum Gasteiger partial charge on any atom is 0.337 e. The van der Waals surface area contributed by atoms with E-state index in [1.807, 2.05) is 13.8 Å². The lowest BCUT2D eigenvalue weighted by molar-refractivity contribution is -0.132. The van der Waals surface area contributed by atoms with Crippen molar-refractivity contribution < 1.29 is 33.7 Å². The molecule has 3 aromatic rings. The van der Waals surface area contributed by atoms with Gasteiger partial charge in [-0.15, -0.1) is 0 Å². The summed E-state index contributed by atoms with van der Waals surface area (Å²) in [6, 6.07) is 18.9. The summed E-state index contributed by atoms with van der Waals surface area (Å²) in [6.45, 7) is 4.54. The van der Waals surface area contributed by atoms with Crippen LogP contribution in [0.3, 0.4) is 0 Å². The number of amides is 1. The van der Waals surface area contributed by atoms with Crippen molar-refractivity contribution >= 4 is 29.1 Å². The lowest BCUT2D eigenvalue weighted by atomic mass is 9.95. The SMILES string of the molecule is COC(=O)c1ccc(N2C(=O)C(=O)/C(=C(/O)c3cccc(OCC(C)C)c3)C2c2ccc(OC)cc2)cc1. The molecule has 1 saturated heterocycles. The Kier molecular flexibility index (Phi) is 7.81. The monoisotopic (exact) mass is 515 g/mol. The van der Waals surface area contributed by atoms with Crippen LogP contribution in [0.5, 0.6) is 11.5 Å². The largest absolute Gasteiger partial charge is 0.507 e. The first-order valence-corrected chi connectivity index (χ1v) is 12.1. The summed E-state index contributed by atoms with van der Waals surface area (Å²) in [6.07, 6.45) is 0. The van der Waals surface area contributed by atoms with Crippen LogP contribution in [-0.4, -0.2) is 43.6 Å². The number of aliphatic hydroxyl groups is 1. The number of ether oxygens (including phenoxy) is 3. The van der Waals surface area contributed by atoms with Gasteiger partial charge in [0.15, 0.2) is 0 Å². The Hall–Kier alpha value is -4.59. The van der Waals surface area contributed by atoms with Crippen molar-refractivity contribution in [1.82, 2.24) is 0 Å². The first-order chi connectivity index (χ1) is 18.2. The molecule has 0 saturated carbocycles. The molecule has 1 N–H and O–H groups in total. The zero-order chi connectivity index (χ0) is 27.4. The average molecular weight is 516 g/mol. The Morgan fingerprint density at radius 3 is 2.21 bits per heavy atom. The van der Waals surface area contributed by atoms with Crippen molar-refractivity contribution in [3.63, 3.8) is 0 Å². The second-order valence-corrected chi connectivity index (χ2v) is 9.21. The summed E-state index contributed by atoms with van der Waals surface area (Å²) in [5.41, 5.74) is 1.57. The van der Waals surface area contributed by atoms with E-state index in [1.165, 1.54) is 31.3 Å². The third kappa shape index (κ3) is 5.25. The van der Waals surface area contributed by atoms with E-state index in [0.717, 1.165) is 0 Å². The molecular formula is C30H29NO7. The third-order valence-corrected chi connectivity index (χ3v) is 6.13. The van der Waals surface area contributed by atoms with Crippen molar-refractivity contribution in [1.29, 1.82) is 0 Å². The highest BCUT2D eigenvalue weighted by Gasteiger charge is 2.47. The number of hydrogen-bond acceptors (Lipinski definition) is 7. The fourth-order valence-corrected chi connectivity index (χ4v) is 4.23. The number of aliphatic hydroxyl groups excluding tert-OH is 1. The van der Waals surface area contributed by atoms with Crippen LogP contribution < -0.4 is 14.4 Å². The van der Waals surface area contributed by atoms with Gasteiger partial charge in [-0.05, 0) is 60.0 Å². The minimum atomic E-state index is -0.926. The molecule has 1 heterocycles. The van der Waals surface area contributed by atoms with Crippen molar-refractivity contribution in [3.8, 4) is 11.5 Å². The van der Waals surface area contributed by atoms with Gasteiger partial charge in [0, 0.05) is 11.3 Å². The molecule has 8 heteroatoms. The molecule has 3 aromatic carbocycles.